The summed E-state index contributed by atoms with van der Waals surface area (Å²) in [7, 11) is 1.97. The highest BCUT2D eigenvalue weighted by molar-refractivity contribution is 5.24. The van der Waals surface area contributed by atoms with Crippen LogP contribution in [0.1, 0.15) is 30.0 Å². The summed E-state index contributed by atoms with van der Waals surface area (Å²) in [5.74, 6) is 0.316. The SMILES string of the molecule is Cn1nccc1CCNC1CC(c2ccccc2F)C1. The van der Waals surface area contributed by atoms with Crippen molar-refractivity contribution in [2.24, 2.45) is 7.05 Å². The van der Waals surface area contributed by atoms with Crippen molar-refractivity contribution in [1.82, 2.24) is 15.1 Å². The Balaban J connectivity index is 1.43. The van der Waals surface area contributed by atoms with E-state index in [1.807, 2.05) is 36.1 Å². The number of aryl methyl sites for hydroxylation is 1. The molecular formula is C16H20FN3. The molecule has 1 fully saturated rings. The van der Waals surface area contributed by atoms with E-state index < -0.39 is 0 Å². The van der Waals surface area contributed by atoms with Gasteiger partial charge in [0, 0.05) is 37.9 Å². The van der Waals surface area contributed by atoms with E-state index in [2.05, 4.69) is 10.4 Å². The molecule has 0 atom stereocenters. The number of rotatable bonds is 5. The Hall–Kier alpha value is -1.68. The van der Waals surface area contributed by atoms with Gasteiger partial charge >= 0.3 is 0 Å². The summed E-state index contributed by atoms with van der Waals surface area (Å²) in [6.07, 6.45) is 4.88. The molecule has 0 unspecified atom stereocenters. The minimum Gasteiger partial charge on any atom is -0.314 e. The predicted octanol–water partition coefficient (Wildman–Crippen LogP) is 2.64. The molecule has 20 heavy (non-hydrogen) atoms. The van der Waals surface area contributed by atoms with Crippen LogP contribution < -0.4 is 5.32 Å². The number of aromatic nitrogens is 2. The monoisotopic (exact) mass is 273 g/mol. The second kappa shape index (κ2) is 5.75. The molecule has 3 rings (SSSR count). The third-order valence-corrected chi connectivity index (χ3v) is 4.22. The third kappa shape index (κ3) is 2.75. The molecule has 0 saturated heterocycles. The maximum absolute atomic E-state index is 13.6. The summed E-state index contributed by atoms with van der Waals surface area (Å²) in [6, 6.07) is 9.70. The fourth-order valence-corrected chi connectivity index (χ4v) is 2.90. The van der Waals surface area contributed by atoms with Crippen molar-refractivity contribution < 1.29 is 4.39 Å². The Morgan fingerprint density at radius 3 is 2.80 bits per heavy atom. The fraction of sp³-hybridized carbons (Fsp3) is 0.438. The van der Waals surface area contributed by atoms with E-state index in [4.69, 9.17) is 0 Å². The molecular weight excluding hydrogens is 253 g/mol. The zero-order chi connectivity index (χ0) is 13.9. The van der Waals surface area contributed by atoms with Crippen molar-refractivity contribution in [3.05, 3.63) is 53.6 Å². The average Bonchev–Trinajstić information content (AvgIpc) is 2.79. The van der Waals surface area contributed by atoms with Gasteiger partial charge in [-0.25, -0.2) is 4.39 Å². The Kier molecular flexibility index (Phi) is 3.83. The second-order valence-corrected chi connectivity index (χ2v) is 5.54. The summed E-state index contributed by atoms with van der Waals surface area (Å²) in [6.45, 7) is 0.953. The molecule has 1 aliphatic carbocycles. The van der Waals surface area contributed by atoms with Gasteiger partial charge in [-0.05, 0) is 36.5 Å². The summed E-state index contributed by atoms with van der Waals surface area (Å²) in [4.78, 5) is 0. The smallest absolute Gasteiger partial charge is 0.126 e. The van der Waals surface area contributed by atoms with Crippen molar-refractivity contribution in [3.63, 3.8) is 0 Å². The van der Waals surface area contributed by atoms with Crippen LogP contribution in [0.15, 0.2) is 36.5 Å². The van der Waals surface area contributed by atoms with Gasteiger partial charge in [0.15, 0.2) is 0 Å². The van der Waals surface area contributed by atoms with Gasteiger partial charge in [0.05, 0.1) is 0 Å². The molecule has 0 aliphatic heterocycles. The van der Waals surface area contributed by atoms with Crippen LogP contribution in [0, 0.1) is 5.82 Å². The van der Waals surface area contributed by atoms with E-state index in [-0.39, 0.29) is 5.82 Å². The lowest BCUT2D eigenvalue weighted by Gasteiger charge is -2.36. The highest BCUT2D eigenvalue weighted by Crippen LogP contribution is 2.37. The standard InChI is InChI=1S/C16H20FN3/c1-20-14(7-9-19-20)6-8-18-13-10-12(11-13)15-4-2-3-5-16(15)17/h2-5,7,9,12-13,18H,6,8,10-11H2,1H3. The largest absolute Gasteiger partial charge is 0.314 e. The molecule has 0 spiro atoms. The van der Waals surface area contributed by atoms with Crippen molar-refractivity contribution in [2.75, 3.05) is 6.54 Å². The van der Waals surface area contributed by atoms with E-state index in [0.717, 1.165) is 31.4 Å². The van der Waals surface area contributed by atoms with E-state index >= 15 is 0 Å². The molecule has 2 aromatic rings. The van der Waals surface area contributed by atoms with Gasteiger partial charge in [0.1, 0.15) is 5.82 Å². The predicted molar refractivity (Wildman–Crippen MR) is 77.1 cm³/mol. The molecule has 1 aromatic heterocycles. The Labute approximate surface area is 118 Å². The molecule has 0 radical (unpaired) electrons. The van der Waals surface area contributed by atoms with Crippen LogP contribution in [0.25, 0.3) is 0 Å². The first-order chi connectivity index (χ1) is 9.74. The van der Waals surface area contributed by atoms with Crippen LogP contribution in [0.2, 0.25) is 0 Å². The number of nitrogens with one attached hydrogen (secondary N) is 1. The lowest BCUT2D eigenvalue weighted by atomic mass is 9.75. The van der Waals surface area contributed by atoms with Crippen LogP contribution in [-0.4, -0.2) is 22.4 Å². The highest BCUT2D eigenvalue weighted by Gasteiger charge is 2.31. The van der Waals surface area contributed by atoms with Gasteiger partial charge in [-0.2, -0.15) is 5.10 Å². The van der Waals surface area contributed by atoms with Crippen LogP contribution in [-0.2, 0) is 13.5 Å². The van der Waals surface area contributed by atoms with Crippen molar-refractivity contribution in [3.8, 4) is 0 Å². The zero-order valence-electron chi connectivity index (χ0n) is 11.7. The molecule has 1 N–H and O–H groups in total. The lowest BCUT2D eigenvalue weighted by Crippen LogP contribution is -2.41. The summed E-state index contributed by atoms with van der Waals surface area (Å²) >= 11 is 0. The van der Waals surface area contributed by atoms with Crippen LogP contribution in [0.3, 0.4) is 0 Å². The topological polar surface area (TPSA) is 29.9 Å². The van der Waals surface area contributed by atoms with Crippen LogP contribution in [0.4, 0.5) is 4.39 Å². The Morgan fingerprint density at radius 2 is 2.10 bits per heavy atom. The first-order valence-electron chi connectivity index (χ1n) is 7.18. The maximum atomic E-state index is 13.6. The normalized spacial score (nSPS) is 21.7. The van der Waals surface area contributed by atoms with E-state index in [1.54, 1.807) is 12.1 Å². The molecule has 106 valence electrons. The summed E-state index contributed by atoms with van der Waals surface area (Å²) in [5.41, 5.74) is 2.11. The second-order valence-electron chi connectivity index (χ2n) is 5.54. The highest BCUT2D eigenvalue weighted by atomic mass is 19.1. The average molecular weight is 273 g/mol. The van der Waals surface area contributed by atoms with Crippen molar-refractivity contribution >= 4 is 0 Å². The number of hydrogen-bond acceptors (Lipinski definition) is 2. The number of nitrogens with zero attached hydrogens (tertiary/aromatic N) is 2. The van der Waals surface area contributed by atoms with Gasteiger partial charge in [0.2, 0.25) is 0 Å². The quantitative estimate of drug-likeness (QED) is 0.907. The van der Waals surface area contributed by atoms with Gasteiger partial charge in [-0.15, -0.1) is 0 Å². The van der Waals surface area contributed by atoms with Crippen LogP contribution >= 0.6 is 0 Å². The van der Waals surface area contributed by atoms with Crippen LogP contribution in [0.5, 0.6) is 0 Å². The first kappa shape index (κ1) is 13.3. The van der Waals surface area contributed by atoms with E-state index in [1.165, 1.54) is 5.69 Å². The summed E-state index contributed by atoms with van der Waals surface area (Å²) in [5, 5.41) is 7.70. The number of benzene rings is 1. The minimum absolute atomic E-state index is 0.0640. The summed E-state index contributed by atoms with van der Waals surface area (Å²) < 4.78 is 15.5. The van der Waals surface area contributed by atoms with Gasteiger partial charge in [-0.3, -0.25) is 4.68 Å². The maximum Gasteiger partial charge on any atom is 0.126 e. The Morgan fingerprint density at radius 1 is 1.30 bits per heavy atom. The minimum atomic E-state index is -0.0640. The molecule has 1 heterocycles. The number of hydrogen-bond donors (Lipinski definition) is 1. The fourth-order valence-electron chi connectivity index (χ4n) is 2.90. The van der Waals surface area contributed by atoms with Gasteiger partial charge < -0.3 is 5.32 Å². The lowest BCUT2D eigenvalue weighted by molar-refractivity contribution is 0.286. The van der Waals surface area contributed by atoms with Crippen molar-refractivity contribution in [1.29, 1.82) is 0 Å². The van der Waals surface area contributed by atoms with Gasteiger partial charge in [0.25, 0.3) is 0 Å². The molecule has 1 aromatic carbocycles. The van der Waals surface area contributed by atoms with E-state index in [9.17, 15) is 4.39 Å². The molecule has 0 amide bonds. The third-order valence-electron chi connectivity index (χ3n) is 4.22. The molecule has 0 bridgehead atoms. The molecule has 3 nitrogen and oxygen atoms in total. The molecule has 4 heteroatoms. The molecule has 1 saturated carbocycles. The van der Waals surface area contributed by atoms with E-state index in [0.29, 0.717) is 12.0 Å². The molecule has 1 aliphatic rings. The first-order valence-corrected chi connectivity index (χ1v) is 7.18. The zero-order valence-corrected chi connectivity index (χ0v) is 11.7. The Bertz CT molecular complexity index is 573. The number of halogens is 1. The van der Waals surface area contributed by atoms with Crippen molar-refractivity contribution in [2.45, 2.75) is 31.2 Å². The van der Waals surface area contributed by atoms with Gasteiger partial charge in [-0.1, -0.05) is 18.2 Å².